The molecule has 0 aromatic heterocycles. The van der Waals surface area contributed by atoms with Crippen LogP contribution in [-0.4, -0.2) is 50.4 Å². The molecule has 3 rings (SSSR count). The van der Waals surface area contributed by atoms with Gasteiger partial charge >= 0.3 is 0 Å². The van der Waals surface area contributed by atoms with Crippen LogP contribution in [0.4, 0.5) is 0 Å². The zero-order chi connectivity index (χ0) is 14.9. The fourth-order valence-corrected chi connectivity index (χ4v) is 5.41. The maximum Gasteiger partial charge on any atom is 0.279 e. The van der Waals surface area contributed by atoms with Crippen molar-refractivity contribution in [2.75, 3.05) is 19.8 Å². The SMILES string of the molecule is CC1CCCCN1S(=O)(=O)NC1CCC2(CC1)OCCO2. The molecule has 1 aliphatic carbocycles. The van der Waals surface area contributed by atoms with Crippen LogP contribution in [0.1, 0.15) is 51.9 Å². The lowest BCUT2D eigenvalue weighted by Gasteiger charge is -2.38. The monoisotopic (exact) mass is 318 g/mol. The van der Waals surface area contributed by atoms with E-state index in [9.17, 15) is 8.42 Å². The predicted molar refractivity (Wildman–Crippen MR) is 79.0 cm³/mol. The Bertz CT molecular complexity index is 452. The normalized spacial score (nSPS) is 31.8. The summed E-state index contributed by atoms with van der Waals surface area (Å²) < 4.78 is 40.9. The van der Waals surface area contributed by atoms with Gasteiger partial charge in [-0.1, -0.05) is 6.42 Å². The molecule has 0 aromatic rings. The Morgan fingerprint density at radius 3 is 2.38 bits per heavy atom. The van der Waals surface area contributed by atoms with Crippen LogP contribution in [-0.2, 0) is 19.7 Å². The van der Waals surface area contributed by atoms with E-state index in [1.165, 1.54) is 0 Å². The summed E-state index contributed by atoms with van der Waals surface area (Å²) in [5, 5.41) is 0. The number of nitrogens with one attached hydrogen (secondary N) is 1. The summed E-state index contributed by atoms with van der Waals surface area (Å²) in [5.41, 5.74) is 0. The minimum absolute atomic E-state index is 0.00236. The largest absolute Gasteiger partial charge is 0.348 e. The average Bonchev–Trinajstić information content (AvgIpc) is 2.90. The standard InChI is InChI=1S/C14H26N2O4S/c1-12-4-2-3-9-16(12)21(17,18)15-13-5-7-14(8-6-13)19-10-11-20-14/h12-13,15H,2-11H2,1H3. The third kappa shape index (κ3) is 3.42. The first-order valence-electron chi connectivity index (χ1n) is 8.08. The molecular formula is C14H26N2O4S. The number of hydrogen-bond donors (Lipinski definition) is 1. The molecule has 7 heteroatoms. The van der Waals surface area contributed by atoms with E-state index in [0.29, 0.717) is 19.8 Å². The molecule has 0 bridgehead atoms. The van der Waals surface area contributed by atoms with E-state index in [2.05, 4.69) is 4.72 Å². The van der Waals surface area contributed by atoms with E-state index in [1.807, 2.05) is 6.92 Å². The number of nitrogens with zero attached hydrogens (tertiary/aromatic N) is 1. The van der Waals surface area contributed by atoms with Crippen LogP contribution in [0, 0.1) is 0 Å². The van der Waals surface area contributed by atoms with Crippen molar-refractivity contribution < 1.29 is 17.9 Å². The third-order valence-corrected chi connectivity index (χ3v) is 6.72. The van der Waals surface area contributed by atoms with Crippen molar-refractivity contribution in [1.82, 2.24) is 9.03 Å². The zero-order valence-corrected chi connectivity index (χ0v) is 13.5. The molecule has 1 spiro atoms. The highest BCUT2D eigenvalue weighted by molar-refractivity contribution is 7.87. The second-order valence-electron chi connectivity index (χ2n) is 6.46. The number of hydrogen-bond acceptors (Lipinski definition) is 4. The maximum absolute atomic E-state index is 12.5. The van der Waals surface area contributed by atoms with E-state index in [-0.39, 0.29) is 12.1 Å². The molecule has 0 radical (unpaired) electrons. The van der Waals surface area contributed by atoms with Gasteiger partial charge in [0.05, 0.1) is 13.2 Å². The van der Waals surface area contributed by atoms with Crippen LogP contribution in [0.2, 0.25) is 0 Å². The second-order valence-corrected chi connectivity index (χ2v) is 8.12. The highest BCUT2D eigenvalue weighted by Gasteiger charge is 2.41. The van der Waals surface area contributed by atoms with Gasteiger partial charge in [0.15, 0.2) is 5.79 Å². The second kappa shape index (κ2) is 6.12. The lowest BCUT2D eigenvalue weighted by molar-refractivity contribution is -0.178. The summed E-state index contributed by atoms with van der Waals surface area (Å²) in [7, 11) is -3.37. The smallest absolute Gasteiger partial charge is 0.279 e. The Labute approximate surface area is 127 Å². The maximum atomic E-state index is 12.5. The summed E-state index contributed by atoms with van der Waals surface area (Å²) in [4.78, 5) is 0. The summed E-state index contributed by atoms with van der Waals surface area (Å²) in [6, 6.07) is 0.107. The van der Waals surface area contributed by atoms with Crippen molar-refractivity contribution >= 4 is 10.2 Å². The number of rotatable bonds is 3. The molecule has 1 saturated carbocycles. The molecule has 2 heterocycles. The Hall–Kier alpha value is -0.210. The van der Waals surface area contributed by atoms with Crippen LogP contribution in [0.5, 0.6) is 0 Å². The van der Waals surface area contributed by atoms with Gasteiger partial charge in [-0.15, -0.1) is 0 Å². The summed E-state index contributed by atoms with van der Waals surface area (Å²) in [6.45, 7) is 3.94. The molecule has 122 valence electrons. The number of piperidine rings is 1. The van der Waals surface area contributed by atoms with E-state index in [4.69, 9.17) is 9.47 Å². The van der Waals surface area contributed by atoms with Gasteiger partial charge in [-0.3, -0.25) is 0 Å². The van der Waals surface area contributed by atoms with Crippen LogP contribution < -0.4 is 4.72 Å². The highest BCUT2D eigenvalue weighted by atomic mass is 32.2. The molecule has 0 amide bonds. The van der Waals surface area contributed by atoms with Crippen molar-refractivity contribution in [3.63, 3.8) is 0 Å². The van der Waals surface area contributed by atoms with Crippen LogP contribution >= 0.6 is 0 Å². The third-order valence-electron chi connectivity index (χ3n) is 4.93. The highest BCUT2D eigenvalue weighted by Crippen LogP contribution is 2.36. The fraction of sp³-hybridized carbons (Fsp3) is 1.00. The van der Waals surface area contributed by atoms with Gasteiger partial charge in [0, 0.05) is 31.5 Å². The predicted octanol–water partition coefficient (Wildman–Crippen LogP) is 1.38. The van der Waals surface area contributed by atoms with Gasteiger partial charge in [0.2, 0.25) is 0 Å². The lowest BCUT2D eigenvalue weighted by atomic mass is 9.91. The van der Waals surface area contributed by atoms with Crippen LogP contribution in [0.3, 0.4) is 0 Å². The van der Waals surface area contributed by atoms with Crippen molar-refractivity contribution in [1.29, 1.82) is 0 Å². The molecule has 2 aliphatic heterocycles. The van der Waals surface area contributed by atoms with Gasteiger partial charge in [-0.2, -0.15) is 17.4 Å². The van der Waals surface area contributed by atoms with Gasteiger partial charge in [-0.25, -0.2) is 0 Å². The van der Waals surface area contributed by atoms with Crippen LogP contribution in [0.25, 0.3) is 0 Å². The average molecular weight is 318 g/mol. The molecule has 1 atom stereocenters. The lowest BCUT2D eigenvalue weighted by Crippen LogP contribution is -2.52. The van der Waals surface area contributed by atoms with Gasteiger partial charge in [0.25, 0.3) is 10.2 Å². The minimum atomic E-state index is -3.37. The molecule has 3 aliphatic rings. The fourth-order valence-electron chi connectivity index (χ4n) is 3.67. The molecule has 0 aromatic carbocycles. The van der Waals surface area contributed by atoms with E-state index >= 15 is 0 Å². The molecule has 21 heavy (non-hydrogen) atoms. The summed E-state index contributed by atoms with van der Waals surface area (Å²) in [5.74, 6) is -0.430. The van der Waals surface area contributed by atoms with Gasteiger partial charge in [0.1, 0.15) is 0 Å². The van der Waals surface area contributed by atoms with Crippen LogP contribution in [0.15, 0.2) is 0 Å². The Kier molecular flexibility index (Phi) is 4.57. The van der Waals surface area contributed by atoms with E-state index < -0.39 is 16.0 Å². The first-order chi connectivity index (χ1) is 10.0. The molecular weight excluding hydrogens is 292 g/mol. The quantitative estimate of drug-likeness (QED) is 0.854. The number of ether oxygens (including phenoxy) is 2. The summed E-state index contributed by atoms with van der Waals surface area (Å²) >= 11 is 0. The molecule has 6 nitrogen and oxygen atoms in total. The summed E-state index contributed by atoms with van der Waals surface area (Å²) in [6.07, 6.45) is 6.14. The topological polar surface area (TPSA) is 67.9 Å². The minimum Gasteiger partial charge on any atom is -0.348 e. The van der Waals surface area contributed by atoms with Gasteiger partial charge < -0.3 is 9.47 Å². The van der Waals surface area contributed by atoms with Crippen molar-refractivity contribution in [2.45, 2.75) is 69.7 Å². The molecule has 3 fully saturated rings. The molecule has 2 saturated heterocycles. The zero-order valence-electron chi connectivity index (χ0n) is 12.7. The van der Waals surface area contributed by atoms with Gasteiger partial charge in [-0.05, 0) is 32.6 Å². The Morgan fingerprint density at radius 1 is 1.10 bits per heavy atom. The van der Waals surface area contributed by atoms with E-state index in [0.717, 1.165) is 44.9 Å². The first-order valence-corrected chi connectivity index (χ1v) is 9.52. The molecule has 1 unspecified atom stereocenters. The van der Waals surface area contributed by atoms with Crippen molar-refractivity contribution in [3.05, 3.63) is 0 Å². The first kappa shape index (κ1) is 15.7. The Balaban J connectivity index is 1.56. The van der Waals surface area contributed by atoms with E-state index in [1.54, 1.807) is 4.31 Å². The Morgan fingerprint density at radius 2 is 1.76 bits per heavy atom. The van der Waals surface area contributed by atoms with Crippen molar-refractivity contribution in [2.24, 2.45) is 0 Å². The molecule has 1 N–H and O–H groups in total. The van der Waals surface area contributed by atoms with Crippen molar-refractivity contribution in [3.8, 4) is 0 Å².